The standard InChI is InChI=1S/C8H5F3N2O5/c1-3-4(8(9,10)11)2-5(12(15)16)7(14)6(3)13(17)18/h2,14H,1H3. The Bertz CT molecular complexity index is 541. The van der Waals surface area contributed by atoms with E-state index in [2.05, 4.69) is 0 Å². The molecule has 0 aliphatic heterocycles. The van der Waals surface area contributed by atoms with Crippen molar-refractivity contribution in [2.75, 3.05) is 0 Å². The van der Waals surface area contributed by atoms with Crippen molar-refractivity contribution in [3.05, 3.63) is 37.4 Å². The van der Waals surface area contributed by atoms with Gasteiger partial charge in [0.05, 0.1) is 15.4 Å². The number of rotatable bonds is 2. The van der Waals surface area contributed by atoms with Gasteiger partial charge in [0, 0.05) is 11.6 Å². The van der Waals surface area contributed by atoms with Crippen LogP contribution in [0.2, 0.25) is 0 Å². The summed E-state index contributed by atoms with van der Waals surface area (Å²) in [4.78, 5) is 18.4. The number of nitro benzene ring substituents is 2. The van der Waals surface area contributed by atoms with Crippen LogP contribution >= 0.6 is 0 Å². The third kappa shape index (κ3) is 2.17. The maximum absolute atomic E-state index is 12.5. The fraction of sp³-hybridized carbons (Fsp3) is 0.250. The van der Waals surface area contributed by atoms with E-state index in [0.29, 0.717) is 0 Å². The first-order valence-corrected chi connectivity index (χ1v) is 4.30. The summed E-state index contributed by atoms with van der Waals surface area (Å²) >= 11 is 0. The van der Waals surface area contributed by atoms with Crippen molar-refractivity contribution in [3.8, 4) is 5.75 Å². The first-order valence-electron chi connectivity index (χ1n) is 4.30. The van der Waals surface area contributed by atoms with Gasteiger partial charge in [-0.2, -0.15) is 13.2 Å². The molecule has 0 saturated carbocycles. The Morgan fingerprint density at radius 1 is 1.22 bits per heavy atom. The Labute approximate surface area is 96.8 Å². The zero-order chi connectivity index (χ0) is 14.2. The van der Waals surface area contributed by atoms with Crippen molar-refractivity contribution in [1.29, 1.82) is 0 Å². The van der Waals surface area contributed by atoms with Crippen molar-refractivity contribution < 1.29 is 28.1 Å². The fourth-order valence-corrected chi connectivity index (χ4v) is 1.40. The van der Waals surface area contributed by atoms with E-state index >= 15 is 0 Å². The summed E-state index contributed by atoms with van der Waals surface area (Å²) in [6.07, 6.45) is -4.99. The molecule has 1 aromatic rings. The molecule has 0 spiro atoms. The minimum absolute atomic E-state index is 0.0671. The van der Waals surface area contributed by atoms with Gasteiger partial charge in [-0.1, -0.05) is 0 Å². The van der Waals surface area contributed by atoms with Crippen LogP contribution in [0.4, 0.5) is 24.5 Å². The Morgan fingerprint density at radius 2 is 1.72 bits per heavy atom. The van der Waals surface area contributed by atoms with Crippen LogP contribution in [-0.4, -0.2) is 15.0 Å². The van der Waals surface area contributed by atoms with Gasteiger partial charge in [-0.15, -0.1) is 0 Å². The van der Waals surface area contributed by atoms with Crippen molar-refractivity contribution in [3.63, 3.8) is 0 Å². The minimum atomic E-state index is -4.99. The van der Waals surface area contributed by atoms with Gasteiger partial charge in [-0.3, -0.25) is 20.2 Å². The molecule has 1 N–H and O–H groups in total. The van der Waals surface area contributed by atoms with Crippen molar-refractivity contribution in [2.24, 2.45) is 0 Å². The van der Waals surface area contributed by atoms with E-state index in [-0.39, 0.29) is 6.07 Å². The summed E-state index contributed by atoms with van der Waals surface area (Å²) < 4.78 is 37.6. The number of alkyl halides is 3. The molecule has 7 nitrogen and oxygen atoms in total. The lowest BCUT2D eigenvalue weighted by Gasteiger charge is -2.10. The Kier molecular flexibility index (Phi) is 3.13. The van der Waals surface area contributed by atoms with Crippen LogP contribution in [0, 0.1) is 27.2 Å². The molecule has 0 bridgehead atoms. The first kappa shape index (κ1) is 13.7. The predicted molar refractivity (Wildman–Crippen MR) is 51.2 cm³/mol. The fourth-order valence-electron chi connectivity index (χ4n) is 1.40. The normalized spacial score (nSPS) is 11.3. The Balaban J connectivity index is 3.78. The van der Waals surface area contributed by atoms with Crippen molar-refractivity contribution in [1.82, 2.24) is 0 Å². The minimum Gasteiger partial charge on any atom is -0.497 e. The van der Waals surface area contributed by atoms with Gasteiger partial charge >= 0.3 is 17.6 Å². The number of aromatic hydroxyl groups is 1. The second-order valence-electron chi connectivity index (χ2n) is 3.28. The summed E-state index contributed by atoms with van der Waals surface area (Å²) in [6.45, 7) is 0.754. The van der Waals surface area contributed by atoms with E-state index < -0.39 is 44.3 Å². The van der Waals surface area contributed by atoms with Crippen molar-refractivity contribution in [2.45, 2.75) is 13.1 Å². The van der Waals surface area contributed by atoms with Crippen LogP contribution in [0.15, 0.2) is 6.07 Å². The van der Waals surface area contributed by atoms with Crippen LogP contribution in [0.25, 0.3) is 0 Å². The highest BCUT2D eigenvalue weighted by atomic mass is 19.4. The largest absolute Gasteiger partial charge is 0.497 e. The van der Waals surface area contributed by atoms with Gasteiger partial charge in [0.1, 0.15) is 0 Å². The molecule has 0 aromatic heterocycles. The van der Waals surface area contributed by atoms with Crippen LogP contribution in [-0.2, 0) is 6.18 Å². The molecule has 0 aliphatic carbocycles. The highest BCUT2D eigenvalue weighted by Crippen LogP contribution is 2.44. The smallest absolute Gasteiger partial charge is 0.417 e. The number of nitrogens with zero attached hydrogens (tertiary/aromatic N) is 2. The highest BCUT2D eigenvalue weighted by molar-refractivity contribution is 5.66. The number of hydrogen-bond donors (Lipinski definition) is 1. The third-order valence-corrected chi connectivity index (χ3v) is 2.19. The maximum Gasteiger partial charge on any atom is 0.417 e. The SMILES string of the molecule is Cc1c(C(F)(F)F)cc([N+](=O)[O-])c(O)c1[N+](=O)[O-]. The molecule has 0 heterocycles. The Hall–Kier alpha value is -2.39. The molecule has 0 amide bonds. The van der Waals surface area contributed by atoms with E-state index in [1.54, 1.807) is 0 Å². The number of benzene rings is 1. The average Bonchev–Trinajstić information content (AvgIpc) is 2.13. The molecule has 0 aliphatic rings. The molecular formula is C8H5F3N2O5. The zero-order valence-electron chi connectivity index (χ0n) is 8.69. The Morgan fingerprint density at radius 3 is 2.06 bits per heavy atom. The molecule has 18 heavy (non-hydrogen) atoms. The van der Waals surface area contributed by atoms with Gasteiger partial charge in [0.15, 0.2) is 0 Å². The van der Waals surface area contributed by atoms with Gasteiger partial charge in [0.25, 0.3) is 5.75 Å². The van der Waals surface area contributed by atoms with Gasteiger partial charge in [-0.05, 0) is 6.92 Å². The molecule has 0 fully saturated rings. The van der Waals surface area contributed by atoms with Gasteiger partial charge in [-0.25, -0.2) is 0 Å². The monoisotopic (exact) mass is 266 g/mol. The summed E-state index contributed by atoms with van der Waals surface area (Å²) in [5.41, 5.74) is -5.09. The molecule has 98 valence electrons. The molecular weight excluding hydrogens is 261 g/mol. The first-order chi connectivity index (χ1) is 8.07. The van der Waals surface area contributed by atoms with Crippen LogP contribution in [0.3, 0.4) is 0 Å². The van der Waals surface area contributed by atoms with Crippen LogP contribution in [0.5, 0.6) is 5.75 Å². The topological polar surface area (TPSA) is 107 Å². The summed E-state index contributed by atoms with van der Waals surface area (Å²) in [6, 6.07) is 0.0671. The number of halogens is 3. The highest BCUT2D eigenvalue weighted by Gasteiger charge is 2.40. The zero-order valence-corrected chi connectivity index (χ0v) is 8.69. The summed E-state index contributed by atoms with van der Waals surface area (Å²) in [5.74, 6) is -1.39. The molecule has 0 saturated heterocycles. The molecule has 1 rings (SSSR count). The molecule has 0 radical (unpaired) electrons. The lowest BCUT2D eigenvalue weighted by molar-refractivity contribution is -0.396. The van der Waals surface area contributed by atoms with E-state index in [4.69, 9.17) is 0 Å². The lowest BCUT2D eigenvalue weighted by Crippen LogP contribution is -2.10. The van der Waals surface area contributed by atoms with E-state index in [0.717, 1.165) is 6.92 Å². The number of hydrogen-bond acceptors (Lipinski definition) is 5. The van der Waals surface area contributed by atoms with Gasteiger partial charge in [0.2, 0.25) is 0 Å². The van der Waals surface area contributed by atoms with E-state index in [1.165, 1.54) is 0 Å². The second-order valence-corrected chi connectivity index (χ2v) is 3.28. The third-order valence-electron chi connectivity index (χ3n) is 2.19. The van der Waals surface area contributed by atoms with Crippen LogP contribution < -0.4 is 0 Å². The number of phenolic OH excluding ortho intramolecular Hbond substituents is 1. The average molecular weight is 266 g/mol. The van der Waals surface area contributed by atoms with Gasteiger partial charge < -0.3 is 5.11 Å². The summed E-state index contributed by atoms with van der Waals surface area (Å²) in [7, 11) is 0. The maximum atomic E-state index is 12.5. The molecule has 0 unspecified atom stereocenters. The van der Waals surface area contributed by atoms with E-state index in [9.17, 15) is 38.5 Å². The lowest BCUT2D eigenvalue weighted by atomic mass is 10.0. The molecule has 10 heteroatoms. The van der Waals surface area contributed by atoms with Crippen LogP contribution in [0.1, 0.15) is 11.1 Å². The molecule has 0 atom stereocenters. The second kappa shape index (κ2) is 4.13. The van der Waals surface area contributed by atoms with Crippen molar-refractivity contribution >= 4 is 11.4 Å². The number of nitro groups is 2. The summed E-state index contributed by atoms with van der Waals surface area (Å²) in [5, 5.41) is 30.2. The predicted octanol–water partition coefficient (Wildman–Crippen LogP) is 2.54. The molecule has 1 aromatic carbocycles. The quantitative estimate of drug-likeness (QED) is 0.653. The van der Waals surface area contributed by atoms with E-state index in [1.807, 2.05) is 0 Å². The number of phenols is 1.